The van der Waals surface area contributed by atoms with Crippen molar-refractivity contribution in [2.45, 2.75) is 26.2 Å². The molecule has 2 nitrogen and oxygen atoms in total. The summed E-state index contributed by atoms with van der Waals surface area (Å²) in [4.78, 5) is 13.0. The minimum atomic E-state index is -0.249. The predicted octanol–water partition coefficient (Wildman–Crippen LogP) is 5.40. The number of allylic oxidation sites excluding steroid dienone is 2. The first-order chi connectivity index (χ1) is 12.0. The van der Waals surface area contributed by atoms with Crippen LogP contribution in [0.4, 0.5) is 10.1 Å². The highest BCUT2D eigenvalue weighted by atomic mass is 19.1. The molecule has 2 rings (SSSR count). The number of Topliss-reactive ketones (excluding diaryl/α,β-unsaturated/α-hetero) is 1. The molecule has 0 spiro atoms. The highest BCUT2D eigenvalue weighted by Gasteiger charge is 2.09. The van der Waals surface area contributed by atoms with Crippen LogP contribution in [-0.2, 0) is 11.2 Å². The van der Waals surface area contributed by atoms with E-state index in [2.05, 4.69) is 30.8 Å². The van der Waals surface area contributed by atoms with Crippen LogP contribution in [0.3, 0.4) is 0 Å². The average molecular weight is 337 g/mol. The number of benzene rings is 2. The second-order valence-electron chi connectivity index (χ2n) is 6.08. The average Bonchev–Trinajstić information content (AvgIpc) is 2.60. The van der Waals surface area contributed by atoms with Gasteiger partial charge >= 0.3 is 0 Å². The lowest BCUT2D eigenvalue weighted by Gasteiger charge is -2.23. The Balaban J connectivity index is 2.17. The molecule has 130 valence electrons. The molecule has 0 heterocycles. The second-order valence-corrected chi connectivity index (χ2v) is 6.08. The normalized spacial score (nSPS) is 11.2. The van der Waals surface area contributed by atoms with E-state index in [4.69, 9.17) is 0 Å². The lowest BCUT2D eigenvalue weighted by Crippen LogP contribution is -2.15. The number of nitrogens with zero attached hydrogens (tertiary/aromatic N) is 1. The zero-order valence-corrected chi connectivity index (χ0v) is 14.8. The first kappa shape index (κ1) is 18.7. The van der Waals surface area contributed by atoms with Crippen LogP contribution < -0.4 is 4.90 Å². The van der Waals surface area contributed by atoms with E-state index in [0.29, 0.717) is 6.42 Å². The molecule has 0 bridgehead atoms. The minimum absolute atomic E-state index is 0.230. The molecule has 2 aromatic carbocycles. The molecule has 0 saturated carbocycles. The molecular weight excluding hydrogens is 313 g/mol. The summed E-state index contributed by atoms with van der Waals surface area (Å²) in [7, 11) is 1.95. The highest BCUT2D eigenvalue weighted by Crippen LogP contribution is 2.25. The standard InChI is InChI=1S/C22H24FNO/c1-4-6-22(24(3)21-15-13-20(23)14-16-21)19-11-9-18(10-12-19)8-5-7-17(2)25/h4,6,9-16H,1,5,7-8H2,2-3H3/b22-6-. The number of hydrogen-bond donors (Lipinski definition) is 0. The van der Waals surface area contributed by atoms with Gasteiger partial charge in [0, 0.05) is 24.9 Å². The Morgan fingerprint density at radius 2 is 1.76 bits per heavy atom. The maximum absolute atomic E-state index is 13.1. The molecule has 0 radical (unpaired) electrons. The number of aryl methyl sites for hydroxylation is 1. The van der Waals surface area contributed by atoms with Crippen LogP contribution in [0.1, 0.15) is 30.9 Å². The summed E-state index contributed by atoms with van der Waals surface area (Å²) in [6, 6.07) is 14.7. The summed E-state index contributed by atoms with van der Waals surface area (Å²) < 4.78 is 13.1. The molecule has 0 saturated heterocycles. The molecule has 0 aliphatic heterocycles. The Hall–Kier alpha value is -2.68. The van der Waals surface area contributed by atoms with Crippen LogP contribution in [0.25, 0.3) is 5.70 Å². The summed E-state index contributed by atoms with van der Waals surface area (Å²) in [5, 5.41) is 0. The zero-order valence-electron chi connectivity index (χ0n) is 14.8. The summed E-state index contributed by atoms with van der Waals surface area (Å²) in [5.74, 6) is -0.0185. The van der Waals surface area contributed by atoms with Crippen molar-refractivity contribution in [1.29, 1.82) is 0 Å². The van der Waals surface area contributed by atoms with Crippen LogP contribution in [-0.4, -0.2) is 12.8 Å². The molecule has 0 unspecified atom stereocenters. The molecule has 0 aliphatic rings. The molecule has 0 amide bonds. The first-order valence-corrected chi connectivity index (χ1v) is 8.42. The monoisotopic (exact) mass is 337 g/mol. The van der Waals surface area contributed by atoms with Crippen molar-refractivity contribution in [1.82, 2.24) is 0 Å². The van der Waals surface area contributed by atoms with E-state index < -0.39 is 0 Å². The largest absolute Gasteiger partial charge is 0.344 e. The molecular formula is C22H24FNO. The van der Waals surface area contributed by atoms with Gasteiger partial charge in [-0.2, -0.15) is 0 Å². The minimum Gasteiger partial charge on any atom is -0.344 e. The fraction of sp³-hybridized carbons (Fsp3) is 0.227. The number of anilines is 1. The maximum atomic E-state index is 13.1. The van der Waals surface area contributed by atoms with Crippen LogP contribution >= 0.6 is 0 Å². The van der Waals surface area contributed by atoms with Crippen molar-refractivity contribution in [2.75, 3.05) is 11.9 Å². The molecule has 2 aromatic rings. The summed E-state index contributed by atoms with van der Waals surface area (Å²) >= 11 is 0. The van der Waals surface area contributed by atoms with Gasteiger partial charge in [-0.25, -0.2) is 4.39 Å². The van der Waals surface area contributed by atoms with Gasteiger partial charge in [0.15, 0.2) is 0 Å². The Bertz CT molecular complexity index is 745. The van der Waals surface area contributed by atoms with E-state index in [1.54, 1.807) is 25.1 Å². The Labute approximate surface area is 149 Å². The van der Waals surface area contributed by atoms with Gasteiger partial charge in [0.1, 0.15) is 11.6 Å². The number of rotatable bonds is 8. The van der Waals surface area contributed by atoms with Crippen LogP contribution in [0, 0.1) is 5.82 Å². The molecule has 25 heavy (non-hydrogen) atoms. The number of carbonyl (C=O) groups excluding carboxylic acids is 1. The van der Waals surface area contributed by atoms with Crippen LogP contribution in [0.2, 0.25) is 0 Å². The number of halogens is 1. The number of carbonyl (C=O) groups is 1. The maximum Gasteiger partial charge on any atom is 0.129 e. The van der Waals surface area contributed by atoms with Crippen molar-refractivity contribution < 1.29 is 9.18 Å². The quantitative estimate of drug-likeness (QED) is 0.601. The van der Waals surface area contributed by atoms with E-state index in [-0.39, 0.29) is 11.6 Å². The van der Waals surface area contributed by atoms with E-state index in [1.165, 1.54) is 17.7 Å². The van der Waals surface area contributed by atoms with Crippen LogP contribution in [0.15, 0.2) is 67.3 Å². The van der Waals surface area contributed by atoms with Gasteiger partial charge in [-0.1, -0.05) is 36.9 Å². The predicted molar refractivity (Wildman–Crippen MR) is 103 cm³/mol. The van der Waals surface area contributed by atoms with Crippen molar-refractivity contribution >= 4 is 17.2 Å². The highest BCUT2D eigenvalue weighted by molar-refractivity contribution is 5.79. The summed E-state index contributed by atoms with van der Waals surface area (Å²) in [5.41, 5.74) is 4.16. The molecule has 0 N–H and O–H groups in total. The van der Waals surface area contributed by atoms with E-state index in [1.807, 2.05) is 18.0 Å². The smallest absolute Gasteiger partial charge is 0.129 e. The van der Waals surface area contributed by atoms with E-state index >= 15 is 0 Å². The first-order valence-electron chi connectivity index (χ1n) is 8.42. The molecule has 0 atom stereocenters. The third-order valence-electron chi connectivity index (χ3n) is 4.09. The fourth-order valence-corrected chi connectivity index (χ4v) is 2.70. The van der Waals surface area contributed by atoms with Gasteiger partial charge < -0.3 is 9.69 Å². The third kappa shape index (κ3) is 5.42. The van der Waals surface area contributed by atoms with E-state index in [9.17, 15) is 9.18 Å². The van der Waals surface area contributed by atoms with Crippen molar-refractivity contribution in [3.05, 3.63) is 84.2 Å². The van der Waals surface area contributed by atoms with Gasteiger partial charge in [0.25, 0.3) is 0 Å². The van der Waals surface area contributed by atoms with Gasteiger partial charge in [-0.05, 0) is 61.2 Å². The van der Waals surface area contributed by atoms with Gasteiger partial charge in [0.2, 0.25) is 0 Å². The SMILES string of the molecule is C=C/C=C(/c1ccc(CCCC(C)=O)cc1)N(C)c1ccc(F)cc1. The Kier molecular flexibility index (Phi) is 6.70. The van der Waals surface area contributed by atoms with Crippen molar-refractivity contribution in [3.8, 4) is 0 Å². The van der Waals surface area contributed by atoms with Crippen molar-refractivity contribution in [3.63, 3.8) is 0 Å². The fourth-order valence-electron chi connectivity index (χ4n) is 2.70. The third-order valence-corrected chi connectivity index (χ3v) is 4.09. The lowest BCUT2D eigenvalue weighted by molar-refractivity contribution is -0.117. The summed E-state index contributed by atoms with van der Waals surface area (Å²) in [6.45, 7) is 5.42. The second kappa shape index (κ2) is 8.97. The van der Waals surface area contributed by atoms with Gasteiger partial charge in [-0.15, -0.1) is 0 Å². The summed E-state index contributed by atoms with van der Waals surface area (Å²) in [6.07, 6.45) is 6.08. The molecule has 0 aromatic heterocycles. The van der Waals surface area contributed by atoms with Crippen molar-refractivity contribution in [2.24, 2.45) is 0 Å². The van der Waals surface area contributed by atoms with Gasteiger partial charge in [-0.3, -0.25) is 0 Å². The molecule has 0 aliphatic carbocycles. The van der Waals surface area contributed by atoms with Crippen LogP contribution in [0.5, 0.6) is 0 Å². The molecule has 0 fully saturated rings. The van der Waals surface area contributed by atoms with Gasteiger partial charge in [0.05, 0.1) is 0 Å². The topological polar surface area (TPSA) is 20.3 Å². The number of ketones is 1. The molecule has 3 heteroatoms. The lowest BCUT2D eigenvalue weighted by atomic mass is 10.0. The zero-order chi connectivity index (χ0) is 18.2. The Morgan fingerprint density at radius 1 is 1.12 bits per heavy atom. The number of hydrogen-bond acceptors (Lipinski definition) is 2. The van der Waals surface area contributed by atoms with E-state index in [0.717, 1.165) is 29.8 Å². The Morgan fingerprint density at radius 3 is 2.32 bits per heavy atom.